The first kappa shape index (κ1) is 12.4. The maximum Gasteiger partial charge on any atom is 0.248 e. The molecule has 1 N–H and O–H groups in total. The van der Waals surface area contributed by atoms with Gasteiger partial charge in [0, 0.05) is 5.56 Å². The van der Waals surface area contributed by atoms with E-state index in [1.54, 1.807) is 18.3 Å². The van der Waals surface area contributed by atoms with E-state index in [9.17, 15) is 4.39 Å². The lowest BCUT2D eigenvalue weighted by Crippen LogP contribution is -2.00. The smallest absolute Gasteiger partial charge is 0.248 e. The molecular formula is C12H10FN5O2. The van der Waals surface area contributed by atoms with Gasteiger partial charge in [-0.25, -0.2) is 9.07 Å². The molecule has 0 saturated carbocycles. The molecule has 1 aromatic carbocycles. The summed E-state index contributed by atoms with van der Waals surface area (Å²) in [6.07, 6.45) is 1.59. The normalized spacial score (nSPS) is 10.9. The van der Waals surface area contributed by atoms with Crippen molar-refractivity contribution in [1.82, 2.24) is 25.1 Å². The van der Waals surface area contributed by atoms with Crippen molar-refractivity contribution in [3.05, 3.63) is 47.9 Å². The van der Waals surface area contributed by atoms with Gasteiger partial charge in [0.05, 0.1) is 12.8 Å². The highest BCUT2D eigenvalue weighted by atomic mass is 19.1. The van der Waals surface area contributed by atoms with Gasteiger partial charge in [-0.05, 0) is 24.3 Å². The predicted molar refractivity (Wildman–Crippen MR) is 64.7 cm³/mol. The standard InChI is InChI=1S/C12H10FN5O2/c13-9-3-1-8(2-4-9)12-14-11(20-16-12)6-18-5-10(7-19)15-17-18/h1-5,19H,6-7H2. The molecule has 0 unspecified atom stereocenters. The van der Waals surface area contributed by atoms with Crippen LogP contribution in [0.1, 0.15) is 11.6 Å². The van der Waals surface area contributed by atoms with Crippen LogP contribution in [0.5, 0.6) is 0 Å². The molecule has 0 atom stereocenters. The maximum absolute atomic E-state index is 12.8. The minimum atomic E-state index is -0.323. The molecule has 0 saturated heterocycles. The molecule has 0 spiro atoms. The summed E-state index contributed by atoms with van der Waals surface area (Å²) in [6, 6.07) is 5.80. The Morgan fingerprint density at radius 2 is 2.05 bits per heavy atom. The SMILES string of the molecule is OCc1cn(Cc2nc(-c3ccc(F)cc3)no2)nn1. The van der Waals surface area contributed by atoms with Crippen molar-refractivity contribution in [3.63, 3.8) is 0 Å². The molecule has 102 valence electrons. The lowest BCUT2D eigenvalue weighted by molar-refractivity contribution is 0.276. The minimum Gasteiger partial charge on any atom is -0.390 e. The Bertz CT molecular complexity index is 707. The average Bonchev–Trinajstić information content (AvgIpc) is 3.09. The van der Waals surface area contributed by atoms with Crippen LogP contribution in [-0.2, 0) is 13.2 Å². The molecule has 0 radical (unpaired) electrons. The van der Waals surface area contributed by atoms with Crippen molar-refractivity contribution in [2.24, 2.45) is 0 Å². The Morgan fingerprint density at radius 1 is 1.25 bits per heavy atom. The number of aliphatic hydroxyl groups is 1. The van der Waals surface area contributed by atoms with E-state index in [1.165, 1.54) is 16.8 Å². The molecule has 3 aromatic rings. The number of hydrogen-bond acceptors (Lipinski definition) is 6. The molecule has 3 rings (SSSR count). The van der Waals surface area contributed by atoms with E-state index < -0.39 is 0 Å². The number of rotatable bonds is 4. The van der Waals surface area contributed by atoms with Crippen LogP contribution in [0.25, 0.3) is 11.4 Å². The first-order chi connectivity index (χ1) is 9.74. The summed E-state index contributed by atoms with van der Waals surface area (Å²) in [7, 11) is 0. The molecule has 2 aromatic heterocycles. The fraction of sp³-hybridized carbons (Fsp3) is 0.167. The third-order valence-corrected chi connectivity index (χ3v) is 2.62. The maximum atomic E-state index is 12.8. The lowest BCUT2D eigenvalue weighted by atomic mass is 10.2. The van der Waals surface area contributed by atoms with Gasteiger partial charge in [-0.15, -0.1) is 5.10 Å². The Kier molecular flexibility index (Phi) is 3.21. The summed E-state index contributed by atoms with van der Waals surface area (Å²) < 4.78 is 19.4. The van der Waals surface area contributed by atoms with E-state index in [4.69, 9.17) is 9.63 Å². The van der Waals surface area contributed by atoms with Crippen molar-refractivity contribution >= 4 is 0 Å². The lowest BCUT2D eigenvalue weighted by Gasteiger charge is -1.93. The van der Waals surface area contributed by atoms with Gasteiger partial charge >= 0.3 is 0 Å². The van der Waals surface area contributed by atoms with Gasteiger partial charge in [-0.3, -0.25) is 0 Å². The molecule has 0 bridgehead atoms. The Morgan fingerprint density at radius 3 is 2.75 bits per heavy atom. The quantitative estimate of drug-likeness (QED) is 0.764. The van der Waals surface area contributed by atoms with Crippen LogP contribution < -0.4 is 0 Å². The van der Waals surface area contributed by atoms with Crippen LogP contribution >= 0.6 is 0 Å². The highest BCUT2D eigenvalue weighted by Gasteiger charge is 2.10. The van der Waals surface area contributed by atoms with Crippen LogP contribution in [-0.4, -0.2) is 30.2 Å². The number of nitrogens with zero attached hydrogens (tertiary/aromatic N) is 5. The first-order valence-corrected chi connectivity index (χ1v) is 5.83. The second kappa shape index (κ2) is 5.17. The molecule has 2 heterocycles. The highest BCUT2D eigenvalue weighted by molar-refractivity contribution is 5.53. The molecule has 0 fully saturated rings. The summed E-state index contributed by atoms with van der Waals surface area (Å²) in [6.45, 7) is 0.0753. The topological polar surface area (TPSA) is 89.9 Å². The molecule has 0 aliphatic rings. The summed E-state index contributed by atoms with van der Waals surface area (Å²) in [5.74, 6) is 0.401. The largest absolute Gasteiger partial charge is 0.390 e. The number of hydrogen-bond donors (Lipinski definition) is 1. The van der Waals surface area contributed by atoms with Gasteiger partial charge in [-0.1, -0.05) is 10.4 Å². The van der Waals surface area contributed by atoms with Gasteiger partial charge in [0.15, 0.2) is 0 Å². The molecule has 7 nitrogen and oxygen atoms in total. The van der Waals surface area contributed by atoms with Gasteiger partial charge in [-0.2, -0.15) is 4.98 Å². The van der Waals surface area contributed by atoms with Crippen LogP contribution in [0, 0.1) is 5.82 Å². The van der Waals surface area contributed by atoms with Gasteiger partial charge in [0.2, 0.25) is 11.7 Å². The monoisotopic (exact) mass is 275 g/mol. The van der Waals surface area contributed by atoms with E-state index >= 15 is 0 Å². The number of halogens is 1. The van der Waals surface area contributed by atoms with E-state index in [0.29, 0.717) is 23.0 Å². The summed E-state index contributed by atoms with van der Waals surface area (Å²) in [4.78, 5) is 4.19. The van der Waals surface area contributed by atoms with Gasteiger partial charge < -0.3 is 9.63 Å². The zero-order chi connectivity index (χ0) is 13.9. The predicted octanol–water partition coefficient (Wildman–Crippen LogP) is 1.01. The Hall–Kier alpha value is -2.61. The van der Waals surface area contributed by atoms with Crippen LogP contribution in [0.3, 0.4) is 0 Å². The third kappa shape index (κ3) is 2.54. The van der Waals surface area contributed by atoms with Crippen LogP contribution in [0.2, 0.25) is 0 Å². The van der Waals surface area contributed by atoms with Crippen molar-refractivity contribution in [2.45, 2.75) is 13.2 Å². The average molecular weight is 275 g/mol. The second-order valence-electron chi connectivity index (χ2n) is 4.08. The van der Waals surface area contributed by atoms with Crippen molar-refractivity contribution in [3.8, 4) is 11.4 Å². The van der Waals surface area contributed by atoms with Crippen molar-refractivity contribution in [2.75, 3.05) is 0 Å². The molecule has 20 heavy (non-hydrogen) atoms. The van der Waals surface area contributed by atoms with Gasteiger partial charge in [0.1, 0.15) is 18.1 Å². The van der Waals surface area contributed by atoms with E-state index in [-0.39, 0.29) is 19.0 Å². The molecular weight excluding hydrogens is 265 g/mol. The Labute approximate surface area is 112 Å². The molecule has 0 aliphatic heterocycles. The van der Waals surface area contributed by atoms with Crippen LogP contribution in [0.15, 0.2) is 35.0 Å². The fourth-order valence-electron chi connectivity index (χ4n) is 1.66. The second-order valence-corrected chi connectivity index (χ2v) is 4.08. The summed E-state index contributed by atoms with van der Waals surface area (Å²) in [5.41, 5.74) is 1.12. The minimum absolute atomic E-state index is 0.176. The zero-order valence-electron chi connectivity index (χ0n) is 10.3. The molecule has 0 aliphatic carbocycles. The zero-order valence-corrected chi connectivity index (χ0v) is 10.3. The van der Waals surface area contributed by atoms with E-state index in [2.05, 4.69) is 20.5 Å². The summed E-state index contributed by atoms with van der Waals surface area (Å²) >= 11 is 0. The van der Waals surface area contributed by atoms with Gasteiger partial charge in [0.25, 0.3) is 0 Å². The molecule has 0 amide bonds. The molecule has 8 heteroatoms. The Balaban J connectivity index is 1.78. The first-order valence-electron chi connectivity index (χ1n) is 5.83. The van der Waals surface area contributed by atoms with Crippen molar-refractivity contribution < 1.29 is 14.0 Å². The summed E-state index contributed by atoms with van der Waals surface area (Å²) in [5, 5.41) is 20.3. The number of aliphatic hydroxyl groups excluding tert-OH is 1. The number of benzene rings is 1. The third-order valence-electron chi connectivity index (χ3n) is 2.62. The van der Waals surface area contributed by atoms with Crippen molar-refractivity contribution in [1.29, 1.82) is 0 Å². The fourth-order valence-corrected chi connectivity index (χ4v) is 1.66. The van der Waals surface area contributed by atoms with E-state index in [0.717, 1.165) is 0 Å². The van der Waals surface area contributed by atoms with E-state index in [1.807, 2.05) is 0 Å². The number of aromatic nitrogens is 5. The highest BCUT2D eigenvalue weighted by Crippen LogP contribution is 2.16. The van der Waals surface area contributed by atoms with Crippen LogP contribution in [0.4, 0.5) is 4.39 Å².